The highest BCUT2D eigenvalue weighted by Crippen LogP contribution is 2.39. The van der Waals surface area contributed by atoms with Gasteiger partial charge in [-0.1, -0.05) is 26.0 Å². The van der Waals surface area contributed by atoms with E-state index in [2.05, 4.69) is 23.7 Å². The molecular weight excluding hydrogens is 432 g/mol. The molecule has 1 aromatic heterocycles. The van der Waals surface area contributed by atoms with E-state index in [9.17, 15) is 9.59 Å². The number of benzene rings is 1. The number of methoxy groups -OCH3 is 2. The van der Waals surface area contributed by atoms with Crippen molar-refractivity contribution in [3.8, 4) is 11.5 Å². The Hall–Kier alpha value is -3.13. The number of nitrogens with zero attached hydrogens (tertiary/aromatic N) is 4. The maximum atomic E-state index is 13.7. The van der Waals surface area contributed by atoms with Crippen LogP contribution in [0.1, 0.15) is 37.9 Å². The van der Waals surface area contributed by atoms with Crippen LogP contribution in [-0.4, -0.2) is 71.0 Å². The minimum absolute atomic E-state index is 0.0884. The number of hydrogen-bond acceptors (Lipinski definition) is 6. The molecule has 0 bridgehead atoms. The number of pyridine rings is 1. The molecule has 8 nitrogen and oxygen atoms in total. The summed E-state index contributed by atoms with van der Waals surface area (Å²) in [5.41, 5.74) is 1.07. The van der Waals surface area contributed by atoms with Gasteiger partial charge in [0.15, 0.2) is 11.5 Å². The number of piperidine rings is 1. The second-order valence-electron chi connectivity index (χ2n) is 9.50. The third-order valence-corrected chi connectivity index (χ3v) is 6.75. The maximum Gasteiger partial charge on any atom is 0.328 e. The van der Waals surface area contributed by atoms with Gasteiger partial charge < -0.3 is 14.4 Å². The SMILES string of the molecule is COc1ccc(CN2CCC3(CC2)C(=O)N(Cc2ccccn2)C(=O)N3CC(C)C)cc1OC. The maximum absolute atomic E-state index is 13.7. The number of imide groups is 1. The standard InChI is InChI=1S/C26H34N4O4/c1-19(2)16-30-25(32)29(18-21-7-5-6-12-27-21)24(31)26(30)10-13-28(14-11-26)17-20-8-9-22(33-3)23(15-20)34-4/h5-9,12,15,19H,10-11,13-14,16-18H2,1-4H3. The van der Waals surface area contributed by atoms with Crippen molar-refractivity contribution in [1.82, 2.24) is 19.7 Å². The summed E-state index contributed by atoms with van der Waals surface area (Å²) < 4.78 is 10.8. The summed E-state index contributed by atoms with van der Waals surface area (Å²) in [6, 6.07) is 11.3. The first-order chi connectivity index (χ1) is 16.4. The van der Waals surface area contributed by atoms with Crippen LogP contribution < -0.4 is 9.47 Å². The first-order valence-electron chi connectivity index (χ1n) is 11.8. The van der Waals surface area contributed by atoms with E-state index in [1.807, 2.05) is 41.3 Å². The van der Waals surface area contributed by atoms with Crippen molar-refractivity contribution >= 4 is 11.9 Å². The Morgan fingerprint density at radius 2 is 1.74 bits per heavy atom. The average molecular weight is 467 g/mol. The third-order valence-electron chi connectivity index (χ3n) is 6.75. The molecule has 1 aromatic carbocycles. The number of rotatable bonds is 8. The van der Waals surface area contributed by atoms with Crippen LogP contribution in [-0.2, 0) is 17.9 Å². The molecule has 2 aliphatic heterocycles. The summed E-state index contributed by atoms with van der Waals surface area (Å²) in [5.74, 6) is 1.59. The zero-order valence-corrected chi connectivity index (χ0v) is 20.5. The Balaban J connectivity index is 1.50. The van der Waals surface area contributed by atoms with Gasteiger partial charge in [0.2, 0.25) is 0 Å². The van der Waals surface area contributed by atoms with Gasteiger partial charge in [-0.25, -0.2) is 4.79 Å². The van der Waals surface area contributed by atoms with Crippen LogP contribution in [0.15, 0.2) is 42.6 Å². The number of amides is 3. The van der Waals surface area contributed by atoms with Crippen LogP contribution in [0.3, 0.4) is 0 Å². The molecule has 34 heavy (non-hydrogen) atoms. The molecule has 1 spiro atoms. The highest BCUT2D eigenvalue weighted by atomic mass is 16.5. The largest absolute Gasteiger partial charge is 0.493 e. The van der Waals surface area contributed by atoms with Crippen LogP contribution in [0.4, 0.5) is 4.79 Å². The summed E-state index contributed by atoms with van der Waals surface area (Å²) >= 11 is 0. The van der Waals surface area contributed by atoms with Gasteiger partial charge >= 0.3 is 6.03 Å². The molecule has 0 radical (unpaired) electrons. The average Bonchev–Trinajstić information content (AvgIpc) is 3.02. The summed E-state index contributed by atoms with van der Waals surface area (Å²) in [6.07, 6.45) is 2.93. The number of urea groups is 1. The van der Waals surface area contributed by atoms with Crippen LogP contribution in [0, 0.1) is 5.92 Å². The zero-order chi connectivity index (χ0) is 24.3. The third kappa shape index (κ3) is 4.59. The van der Waals surface area contributed by atoms with Crippen LogP contribution in [0.25, 0.3) is 0 Å². The summed E-state index contributed by atoms with van der Waals surface area (Å²) in [4.78, 5) is 37.0. The number of hydrogen-bond donors (Lipinski definition) is 0. The second-order valence-corrected chi connectivity index (χ2v) is 9.50. The van der Waals surface area contributed by atoms with Crippen molar-refractivity contribution in [2.24, 2.45) is 5.92 Å². The van der Waals surface area contributed by atoms with Crippen LogP contribution in [0.2, 0.25) is 0 Å². The van der Waals surface area contributed by atoms with Crippen molar-refractivity contribution in [1.29, 1.82) is 0 Å². The Kier molecular flexibility index (Phi) is 7.07. The molecule has 3 heterocycles. The van der Waals surface area contributed by atoms with E-state index in [1.54, 1.807) is 20.4 Å². The van der Waals surface area contributed by atoms with E-state index in [0.717, 1.165) is 30.9 Å². The molecule has 2 saturated heterocycles. The molecule has 8 heteroatoms. The molecule has 0 atom stereocenters. The molecule has 4 rings (SSSR count). The van der Waals surface area contributed by atoms with Gasteiger partial charge in [0.1, 0.15) is 5.54 Å². The molecule has 2 aromatic rings. The smallest absolute Gasteiger partial charge is 0.328 e. The predicted octanol–water partition coefficient (Wildman–Crippen LogP) is 3.55. The minimum atomic E-state index is -0.774. The lowest BCUT2D eigenvalue weighted by Crippen LogP contribution is -2.57. The quantitative estimate of drug-likeness (QED) is 0.554. The predicted molar refractivity (Wildman–Crippen MR) is 129 cm³/mol. The van der Waals surface area contributed by atoms with Crippen molar-refractivity contribution < 1.29 is 19.1 Å². The van der Waals surface area contributed by atoms with Crippen LogP contribution in [0.5, 0.6) is 11.5 Å². The fourth-order valence-corrected chi connectivity index (χ4v) is 5.00. The fourth-order valence-electron chi connectivity index (χ4n) is 5.00. The van der Waals surface area contributed by atoms with Crippen molar-refractivity contribution in [3.05, 3.63) is 53.9 Å². The van der Waals surface area contributed by atoms with Gasteiger partial charge in [-0.3, -0.25) is 19.6 Å². The Bertz CT molecular complexity index is 1020. The first-order valence-corrected chi connectivity index (χ1v) is 11.8. The number of carbonyl (C=O) groups excluding carboxylic acids is 2. The van der Waals surface area contributed by atoms with E-state index in [1.165, 1.54) is 4.90 Å². The normalized spacial score (nSPS) is 18.3. The Morgan fingerprint density at radius 3 is 2.35 bits per heavy atom. The lowest BCUT2D eigenvalue weighted by molar-refractivity contribution is -0.136. The molecule has 0 N–H and O–H groups in total. The van der Waals surface area contributed by atoms with Crippen molar-refractivity contribution in [3.63, 3.8) is 0 Å². The first kappa shape index (κ1) is 24.0. The number of likely N-dealkylation sites (tertiary alicyclic amines) is 1. The summed E-state index contributed by atoms with van der Waals surface area (Å²) in [5, 5.41) is 0. The molecule has 2 aliphatic rings. The van der Waals surface area contributed by atoms with E-state index in [4.69, 9.17) is 9.47 Å². The number of carbonyl (C=O) groups is 2. The minimum Gasteiger partial charge on any atom is -0.493 e. The lowest BCUT2D eigenvalue weighted by Gasteiger charge is -2.42. The Morgan fingerprint density at radius 1 is 1.00 bits per heavy atom. The lowest BCUT2D eigenvalue weighted by atomic mass is 9.85. The van der Waals surface area contributed by atoms with Gasteiger partial charge in [0.25, 0.3) is 5.91 Å². The van der Waals surface area contributed by atoms with Gasteiger partial charge in [0, 0.05) is 32.4 Å². The van der Waals surface area contributed by atoms with E-state index in [-0.39, 0.29) is 24.4 Å². The topological polar surface area (TPSA) is 75.2 Å². The second kappa shape index (κ2) is 10.0. The van der Waals surface area contributed by atoms with E-state index < -0.39 is 5.54 Å². The highest BCUT2D eigenvalue weighted by molar-refractivity contribution is 6.07. The van der Waals surface area contributed by atoms with Crippen molar-refractivity contribution in [2.45, 2.75) is 45.3 Å². The molecule has 2 fully saturated rings. The molecule has 0 unspecified atom stereocenters. The molecule has 0 aliphatic carbocycles. The van der Waals surface area contributed by atoms with E-state index >= 15 is 0 Å². The summed E-state index contributed by atoms with van der Waals surface area (Å²) in [6.45, 7) is 7.17. The molecule has 3 amide bonds. The molecular formula is C26H34N4O4. The van der Waals surface area contributed by atoms with Gasteiger partial charge in [-0.15, -0.1) is 0 Å². The van der Waals surface area contributed by atoms with Gasteiger partial charge in [0.05, 0.1) is 26.5 Å². The molecule has 0 saturated carbocycles. The van der Waals surface area contributed by atoms with Gasteiger partial charge in [-0.2, -0.15) is 0 Å². The number of ether oxygens (including phenoxy) is 2. The van der Waals surface area contributed by atoms with Crippen LogP contribution >= 0.6 is 0 Å². The molecule has 182 valence electrons. The van der Waals surface area contributed by atoms with Crippen molar-refractivity contribution in [2.75, 3.05) is 33.9 Å². The summed E-state index contributed by atoms with van der Waals surface area (Å²) in [7, 11) is 3.26. The monoisotopic (exact) mass is 466 g/mol. The fraction of sp³-hybridized carbons (Fsp3) is 0.500. The zero-order valence-electron chi connectivity index (χ0n) is 20.5. The van der Waals surface area contributed by atoms with E-state index in [0.29, 0.717) is 30.9 Å². The number of aromatic nitrogens is 1. The Labute approximate surface area is 201 Å². The van der Waals surface area contributed by atoms with Gasteiger partial charge in [-0.05, 0) is 48.6 Å². The highest BCUT2D eigenvalue weighted by Gasteiger charge is 2.57.